The van der Waals surface area contributed by atoms with Crippen molar-refractivity contribution in [2.75, 3.05) is 18.6 Å². The number of anilines is 2. The van der Waals surface area contributed by atoms with Crippen LogP contribution in [-0.2, 0) is 11.8 Å². The van der Waals surface area contributed by atoms with E-state index in [0.717, 1.165) is 28.5 Å². The molecule has 1 atom stereocenters. The van der Waals surface area contributed by atoms with Gasteiger partial charge < -0.3 is 19.5 Å². The van der Waals surface area contributed by atoms with Gasteiger partial charge in [0, 0.05) is 42.2 Å². The van der Waals surface area contributed by atoms with E-state index >= 15 is 0 Å². The van der Waals surface area contributed by atoms with Crippen molar-refractivity contribution in [1.82, 2.24) is 14.9 Å². The Morgan fingerprint density at radius 3 is 2.38 bits per heavy atom. The van der Waals surface area contributed by atoms with Gasteiger partial charge in [-0.15, -0.1) is 0 Å². The molecule has 1 unspecified atom stereocenters. The second-order valence-electron chi connectivity index (χ2n) is 8.11. The van der Waals surface area contributed by atoms with Crippen molar-refractivity contribution < 1.29 is 9.53 Å². The van der Waals surface area contributed by atoms with Crippen LogP contribution in [0.2, 0.25) is 0 Å². The van der Waals surface area contributed by atoms with E-state index in [1.54, 1.807) is 25.1 Å². The number of para-hydroxylation sites is 2. The molecule has 1 aromatic heterocycles. The Balaban J connectivity index is 1.37. The molecule has 172 valence electrons. The van der Waals surface area contributed by atoms with Crippen LogP contribution in [0.3, 0.4) is 0 Å². The number of benzene rings is 3. The second kappa shape index (κ2) is 9.65. The number of aromatic nitrogens is 2. The van der Waals surface area contributed by atoms with Crippen LogP contribution in [0.15, 0.2) is 95.0 Å². The normalized spacial score (nSPS) is 13.1. The number of rotatable bonds is 7. The van der Waals surface area contributed by atoms with E-state index < -0.39 is 0 Å². The lowest BCUT2D eigenvalue weighted by atomic mass is 10.1. The van der Waals surface area contributed by atoms with Crippen LogP contribution in [0, 0.1) is 0 Å². The zero-order valence-corrected chi connectivity index (χ0v) is 20.0. The third-order valence-electron chi connectivity index (χ3n) is 5.94. The van der Waals surface area contributed by atoms with Crippen molar-refractivity contribution in [1.29, 1.82) is 0 Å². The maximum atomic E-state index is 13.2. The average Bonchev–Trinajstić information content (AvgIpc) is 3.30. The number of methoxy groups -OCH3 is 1. The lowest BCUT2D eigenvalue weighted by Crippen LogP contribution is -2.34. The van der Waals surface area contributed by atoms with Crippen molar-refractivity contribution in [3.8, 4) is 5.75 Å². The van der Waals surface area contributed by atoms with Gasteiger partial charge in [-0.1, -0.05) is 48.2 Å². The third-order valence-corrected chi connectivity index (χ3v) is 7.07. The standard InChI is InChI=1S/C27H26N4O2S/c1-30-17-15-28-27(30)26(19-8-7-9-20(18-19)33-2)29-25(32)14-16-31-21-10-3-5-12-23(21)34-24-13-6-4-11-22(24)31/h3-13,15,17-18,26H,14,16H2,1-2H3,(H,29,32). The van der Waals surface area contributed by atoms with Crippen molar-refractivity contribution in [2.24, 2.45) is 7.05 Å². The van der Waals surface area contributed by atoms with Crippen LogP contribution in [0.25, 0.3) is 0 Å². The summed E-state index contributed by atoms with van der Waals surface area (Å²) in [6.07, 6.45) is 3.97. The van der Waals surface area contributed by atoms with E-state index in [1.807, 2.05) is 54.2 Å². The number of carbonyl (C=O) groups is 1. The summed E-state index contributed by atoms with van der Waals surface area (Å²) in [6, 6.07) is 24.0. The van der Waals surface area contributed by atoms with Crippen LogP contribution in [0.1, 0.15) is 23.9 Å². The highest BCUT2D eigenvalue weighted by atomic mass is 32.2. The van der Waals surface area contributed by atoms with Gasteiger partial charge in [-0.05, 0) is 42.0 Å². The summed E-state index contributed by atoms with van der Waals surface area (Å²) in [4.78, 5) is 22.4. The highest BCUT2D eigenvalue weighted by molar-refractivity contribution is 7.99. The highest BCUT2D eigenvalue weighted by Crippen LogP contribution is 2.47. The topological polar surface area (TPSA) is 59.4 Å². The van der Waals surface area contributed by atoms with E-state index in [4.69, 9.17) is 4.74 Å². The Labute approximate surface area is 203 Å². The maximum absolute atomic E-state index is 13.2. The van der Waals surface area contributed by atoms with Gasteiger partial charge in [-0.3, -0.25) is 4.79 Å². The van der Waals surface area contributed by atoms with Crippen LogP contribution in [-0.4, -0.2) is 29.1 Å². The smallest absolute Gasteiger partial charge is 0.222 e. The van der Waals surface area contributed by atoms with Crippen LogP contribution in [0.4, 0.5) is 11.4 Å². The fourth-order valence-electron chi connectivity index (χ4n) is 4.24. The number of hydrogen-bond donors (Lipinski definition) is 1. The number of fused-ring (bicyclic) bond motifs is 2. The van der Waals surface area contributed by atoms with E-state index in [-0.39, 0.29) is 11.9 Å². The first-order valence-corrected chi connectivity index (χ1v) is 12.0. The van der Waals surface area contributed by atoms with Gasteiger partial charge in [-0.25, -0.2) is 4.98 Å². The Bertz CT molecular complexity index is 1270. The molecule has 1 aliphatic rings. The van der Waals surface area contributed by atoms with Crippen LogP contribution >= 0.6 is 11.8 Å². The van der Waals surface area contributed by atoms with Gasteiger partial charge in [0.2, 0.25) is 5.91 Å². The molecule has 0 saturated carbocycles. The van der Waals surface area contributed by atoms with E-state index in [2.05, 4.69) is 51.6 Å². The largest absolute Gasteiger partial charge is 0.497 e. The SMILES string of the molecule is COc1cccc(C(NC(=O)CCN2c3ccccc3Sc3ccccc32)c2nccn2C)c1. The summed E-state index contributed by atoms with van der Waals surface area (Å²) in [5.41, 5.74) is 3.19. The third kappa shape index (κ3) is 4.39. The van der Waals surface area contributed by atoms with E-state index in [0.29, 0.717) is 13.0 Å². The molecule has 4 aromatic rings. The van der Waals surface area contributed by atoms with Gasteiger partial charge in [0.1, 0.15) is 17.6 Å². The Morgan fingerprint density at radius 1 is 1.03 bits per heavy atom. The Hall–Kier alpha value is -3.71. The summed E-state index contributed by atoms with van der Waals surface area (Å²) in [5.74, 6) is 1.47. The molecule has 0 bridgehead atoms. The minimum atomic E-state index is -0.376. The average molecular weight is 471 g/mol. The summed E-state index contributed by atoms with van der Waals surface area (Å²) >= 11 is 1.77. The van der Waals surface area contributed by atoms with Crippen molar-refractivity contribution in [2.45, 2.75) is 22.3 Å². The molecule has 2 heterocycles. The molecule has 5 rings (SSSR count). The van der Waals surface area contributed by atoms with Crippen molar-refractivity contribution in [3.05, 3.63) is 96.6 Å². The first-order valence-electron chi connectivity index (χ1n) is 11.2. The van der Waals surface area contributed by atoms with Crippen LogP contribution < -0.4 is 15.0 Å². The molecule has 0 aliphatic carbocycles. The van der Waals surface area contributed by atoms with Gasteiger partial charge >= 0.3 is 0 Å². The zero-order valence-electron chi connectivity index (χ0n) is 19.1. The molecule has 7 heteroatoms. The summed E-state index contributed by atoms with van der Waals surface area (Å²) in [7, 11) is 3.57. The molecule has 6 nitrogen and oxygen atoms in total. The predicted octanol–water partition coefficient (Wildman–Crippen LogP) is 5.33. The number of hydrogen-bond acceptors (Lipinski definition) is 5. The van der Waals surface area contributed by atoms with Gasteiger partial charge in [0.25, 0.3) is 0 Å². The zero-order chi connectivity index (χ0) is 23.5. The van der Waals surface area contributed by atoms with Crippen LogP contribution in [0.5, 0.6) is 5.75 Å². The predicted molar refractivity (Wildman–Crippen MR) is 135 cm³/mol. The summed E-state index contributed by atoms with van der Waals surface area (Å²) in [6.45, 7) is 0.575. The molecule has 0 fully saturated rings. The van der Waals surface area contributed by atoms with Gasteiger partial charge in [-0.2, -0.15) is 0 Å². The number of ether oxygens (including phenoxy) is 1. The van der Waals surface area contributed by atoms with E-state index in [1.165, 1.54) is 9.79 Å². The number of amides is 1. The molecule has 0 radical (unpaired) electrons. The Kier molecular flexibility index (Phi) is 6.27. The fourth-order valence-corrected chi connectivity index (χ4v) is 5.34. The lowest BCUT2D eigenvalue weighted by molar-refractivity contribution is -0.121. The molecule has 1 aliphatic heterocycles. The maximum Gasteiger partial charge on any atom is 0.222 e. The van der Waals surface area contributed by atoms with E-state index in [9.17, 15) is 4.79 Å². The number of nitrogens with one attached hydrogen (secondary N) is 1. The fraction of sp³-hybridized carbons (Fsp3) is 0.185. The van der Waals surface area contributed by atoms with Gasteiger partial charge in [0.05, 0.1) is 18.5 Å². The van der Waals surface area contributed by atoms with Gasteiger partial charge in [0.15, 0.2) is 0 Å². The molecule has 0 spiro atoms. The number of nitrogens with zero attached hydrogens (tertiary/aromatic N) is 3. The molecule has 34 heavy (non-hydrogen) atoms. The molecule has 3 aromatic carbocycles. The number of carbonyl (C=O) groups excluding carboxylic acids is 1. The Morgan fingerprint density at radius 2 is 1.74 bits per heavy atom. The first-order chi connectivity index (χ1) is 16.6. The van der Waals surface area contributed by atoms with Crippen molar-refractivity contribution >= 4 is 29.0 Å². The summed E-state index contributed by atoms with van der Waals surface area (Å²) < 4.78 is 7.33. The molecular formula is C27H26N4O2S. The summed E-state index contributed by atoms with van der Waals surface area (Å²) in [5, 5.41) is 3.21. The second-order valence-corrected chi connectivity index (χ2v) is 9.20. The number of aryl methyl sites for hydroxylation is 1. The van der Waals surface area contributed by atoms with Crippen molar-refractivity contribution in [3.63, 3.8) is 0 Å². The molecule has 1 N–H and O–H groups in total. The highest BCUT2D eigenvalue weighted by Gasteiger charge is 2.25. The first kappa shape index (κ1) is 22.1. The minimum Gasteiger partial charge on any atom is -0.497 e. The molecular weight excluding hydrogens is 444 g/mol. The monoisotopic (exact) mass is 470 g/mol. The number of imidazole rings is 1. The molecule has 1 amide bonds. The lowest BCUT2D eigenvalue weighted by Gasteiger charge is -2.32. The molecule has 0 saturated heterocycles. The minimum absolute atomic E-state index is 0.0380. The quantitative estimate of drug-likeness (QED) is 0.396.